The van der Waals surface area contributed by atoms with E-state index in [0.717, 1.165) is 41.5 Å². The molecule has 1 aliphatic heterocycles. The first-order chi connectivity index (χ1) is 8.38. The highest BCUT2D eigenvalue weighted by molar-refractivity contribution is 7.00. The summed E-state index contributed by atoms with van der Waals surface area (Å²) >= 11 is 1.19. The summed E-state index contributed by atoms with van der Waals surface area (Å²) in [5.74, 6) is 1.49. The molecule has 6 nitrogen and oxygen atoms in total. The molecule has 0 bridgehead atoms. The van der Waals surface area contributed by atoms with Crippen LogP contribution >= 0.6 is 11.7 Å². The van der Waals surface area contributed by atoms with Gasteiger partial charge in [0, 0.05) is 6.54 Å². The molecule has 0 amide bonds. The van der Waals surface area contributed by atoms with Crippen molar-refractivity contribution in [2.45, 2.75) is 0 Å². The summed E-state index contributed by atoms with van der Waals surface area (Å²) in [7, 11) is 1.63. The van der Waals surface area contributed by atoms with E-state index in [4.69, 9.17) is 4.74 Å². The minimum Gasteiger partial charge on any atom is -0.494 e. The molecular weight excluding hydrogens is 238 g/mol. The van der Waals surface area contributed by atoms with Gasteiger partial charge in [-0.25, -0.2) is 0 Å². The summed E-state index contributed by atoms with van der Waals surface area (Å²) in [5.41, 5.74) is 2.48. The number of hydrogen-bond acceptors (Lipinski definition) is 7. The van der Waals surface area contributed by atoms with Gasteiger partial charge in [0.1, 0.15) is 22.5 Å². The number of benzene rings is 1. The third-order valence-corrected chi connectivity index (χ3v) is 3.07. The number of methoxy groups -OCH3 is 1. The second-order valence-corrected chi connectivity index (χ2v) is 4.09. The van der Waals surface area contributed by atoms with Crippen LogP contribution in [0.5, 0.6) is 5.75 Å². The monoisotopic (exact) mass is 249 g/mol. The van der Waals surface area contributed by atoms with Crippen LogP contribution in [0.1, 0.15) is 0 Å². The van der Waals surface area contributed by atoms with Crippen LogP contribution in [0.15, 0.2) is 17.1 Å². The van der Waals surface area contributed by atoms with Gasteiger partial charge in [0.2, 0.25) is 0 Å². The Labute approximate surface area is 102 Å². The second-order valence-electron chi connectivity index (χ2n) is 3.56. The van der Waals surface area contributed by atoms with E-state index >= 15 is 0 Å². The molecule has 88 valence electrons. The summed E-state index contributed by atoms with van der Waals surface area (Å²) in [6, 6.07) is 3.77. The Morgan fingerprint density at radius 3 is 3.12 bits per heavy atom. The van der Waals surface area contributed by atoms with E-state index in [0.29, 0.717) is 0 Å². The largest absolute Gasteiger partial charge is 0.494 e. The molecular formula is C10H11N5OS. The van der Waals surface area contributed by atoms with Crippen molar-refractivity contribution in [1.29, 1.82) is 0 Å². The highest BCUT2D eigenvalue weighted by Gasteiger charge is 2.14. The average Bonchev–Trinajstić information content (AvgIpc) is 2.99. The van der Waals surface area contributed by atoms with Gasteiger partial charge in [0.05, 0.1) is 25.4 Å². The first-order valence-electron chi connectivity index (χ1n) is 5.23. The zero-order valence-electron chi connectivity index (χ0n) is 9.23. The highest BCUT2D eigenvalue weighted by atomic mass is 32.1. The van der Waals surface area contributed by atoms with E-state index in [2.05, 4.69) is 24.4 Å². The zero-order chi connectivity index (χ0) is 11.7. The predicted molar refractivity (Wildman–Crippen MR) is 67.9 cm³/mol. The van der Waals surface area contributed by atoms with Gasteiger partial charge in [0.25, 0.3) is 0 Å². The van der Waals surface area contributed by atoms with Gasteiger partial charge in [-0.05, 0) is 12.1 Å². The molecule has 0 saturated heterocycles. The van der Waals surface area contributed by atoms with Crippen LogP contribution in [0.3, 0.4) is 0 Å². The van der Waals surface area contributed by atoms with Gasteiger partial charge >= 0.3 is 0 Å². The van der Waals surface area contributed by atoms with Crippen molar-refractivity contribution < 1.29 is 4.74 Å². The number of guanidine groups is 1. The molecule has 17 heavy (non-hydrogen) atoms. The van der Waals surface area contributed by atoms with Crippen LogP contribution in [-0.4, -0.2) is 34.9 Å². The Kier molecular flexibility index (Phi) is 2.52. The van der Waals surface area contributed by atoms with E-state index in [-0.39, 0.29) is 0 Å². The lowest BCUT2D eigenvalue weighted by atomic mass is 10.2. The Hall–Kier alpha value is -1.89. The second kappa shape index (κ2) is 4.17. The first-order valence-corrected chi connectivity index (χ1v) is 5.96. The van der Waals surface area contributed by atoms with Gasteiger partial charge in [-0.3, -0.25) is 4.99 Å². The number of nitrogens with zero attached hydrogens (tertiary/aromatic N) is 3. The lowest BCUT2D eigenvalue weighted by Gasteiger charge is -2.11. The number of fused-ring (bicyclic) bond motifs is 1. The maximum Gasteiger partial charge on any atom is 0.196 e. The number of anilines is 1. The third-order valence-electron chi connectivity index (χ3n) is 2.53. The normalized spacial score (nSPS) is 14.5. The Balaban J connectivity index is 2.07. The zero-order valence-corrected chi connectivity index (χ0v) is 10.0. The molecule has 1 aliphatic rings. The first kappa shape index (κ1) is 10.3. The molecule has 1 aromatic carbocycles. The smallest absolute Gasteiger partial charge is 0.196 e. The van der Waals surface area contributed by atoms with Crippen LogP contribution in [-0.2, 0) is 0 Å². The quantitative estimate of drug-likeness (QED) is 0.833. The molecule has 0 unspecified atom stereocenters. The van der Waals surface area contributed by atoms with Crippen molar-refractivity contribution >= 4 is 34.4 Å². The van der Waals surface area contributed by atoms with Crippen molar-refractivity contribution in [2.24, 2.45) is 4.99 Å². The number of hydrogen-bond donors (Lipinski definition) is 2. The molecule has 0 saturated carbocycles. The fourth-order valence-electron chi connectivity index (χ4n) is 1.72. The summed E-state index contributed by atoms with van der Waals surface area (Å²) < 4.78 is 13.8. The SMILES string of the molecule is COc1ccc2nsnc2c1NC1=NCCN1. The minimum atomic E-state index is 0.738. The maximum absolute atomic E-state index is 5.32. The van der Waals surface area contributed by atoms with Gasteiger partial charge in [-0.15, -0.1) is 0 Å². The van der Waals surface area contributed by atoms with Gasteiger partial charge < -0.3 is 15.4 Å². The van der Waals surface area contributed by atoms with Crippen LogP contribution in [0.4, 0.5) is 5.69 Å². The summed E-state index contributed by atoms with van der Waals surface area (Å²) in [6.45, 7) is 1.64. The molecule has 2 aromatic rings. The number of nitrogens with one attached hydrogen (secondary N) is 2. The van der Waals surface area contributed by atoms with Crippen molar-refractivity contribution in [2.75, 3.05) is 25.5 Å². The molecule has 1 aromatic heterocycles. The van der Waals surface area contributed by atoms with Crippen molar-refractivity contribution in [3.8, 4) is 5.75 Å². The van der Waals surface area contributed by atoms with Crippen LogP contribution in [0.25, 0.3) is 11.0 Å². The fourth-order valence-corrected chi connectivity index (χ4v) is 2.27. The van der Waals surface area contributed by atoms with E-state index < -0.39 is 0 Å². The third kappa shape index (κ3) is 1.78. The van der Waals surface area contributed by atoms with Crippen LogP contribution < -0.4 is 15.4 Å². The molecule has 3 rings (SSSR count). The Morgan fingerprint density at radius 1 is 1.41 bits per heavy atom. The molecule has 0 fully saturated rings. The highest BCUT2D eigenvalue weighted by Crippen LogP contribution is 2.31. The number of aromatic nitrogens is 2. The maximum atomic E-state index is 5.32. The fraction of sp³-hybridized carbons (Fsp3) is 0.300. The summed E-state index contributed by atoms with van der Waals surface area (Å²) in [5, 5.41) is 6.36. The van der Waals surface area contributed by atoms with Crippen LogP contribution in [0, 0.1) is 0 Å². The lowest BCUT2D eigenvalue weighted by Crippen LogP contribution is -2.26. The topological polar surface area (TPSA) is 71.4 Å². The van der Waals surface area contributed by atoms with Gasteiger partial charge in [0.15, 0.2) is 5.96 Å². The Bertz CT molecular complexity index is 579. The molecule has 0 spiro atoms. The van der Waals surface area contributed by atoms with Crippen molar-refractivity contribution in [1.82, 2.24) is 14.1 Å². The van der Waals surface area contributed by atoms with Gasteiger partial charge in [-0.2, -0.15) is 8.75 Å². The predicted octanol–water partition coefficient (Wildman–Crippen LogP) is 1.07. The van der Waals surface area contributed by atoms with E-state index in [1.165, 1.54) is 11.7 Å². The van der Waals surface area contributed by atoms with E-state index in [9.17, 15) is 0 Å². The molecule has 7 heteroatoms. The molecule has 0 aliphatic carbocycles. The standard InChI is InChI=1S/C10H11N5OS/c1-16-7-3-2-6-8(15-17-14-6)9(7)13-10-11-4-5-12-10/h2-3H,4-5H2,1H3,(H2,11,12,13). The number of ether oxygens (including phenoxy) is 1. The Morgan fingerprint density at radius 2 is 2.35 bits per heavy atom. The summed E-state index contributed by atoms with van der Waals surface area (Å²) in [6.07, 6.45) is 0. The molecule has 2 N–H and O–H groups in total. The van der Waals surface area contributed by atoms with E-state index in [1.54, 1.807) is 7.11 Å². The van der Waals surface area contributed by atoms with Crippen LogP contribution in [0.2, 0.25) is 0 Å². The minimum absolute atomic E-state index is 0.738. The summed E-state index contributed by atoms with van der Waals surface area (Å²) in [4.78, 5) is 4.29. The molecule has 0 atom stereocenters. The van der Waals surface area contributed by atoms with E-state index in [1.807, 2.05) is 12.1 Å². The van der Waals surface area contributed by atoms with Gasteiger partial charge in [-0.1, -0.05) is 0 Å². The molecule has 0 radical (unpaired) electrons. The number of aliphatic imine (C=N–C) groups is 1. The molecule has 2 heterocycles. The van der Waals surface area contributed by atoms with Crippen molar-refractivity contribution in [3.63, 3.8) is 0 Å². The average molecular weight is 249 g/mol. The number of rotatable bonds is 2. The lowest BCUT2D eigenvalue weighted by molar-refractivity contribution is 0.417. The van der Waals surface area contributed by atoms with Crippen molar-refractivity contribution in [3.05, 3.63) is 12.1 Å².